The molecule has 0 spiro atoms. The van der Waals surface area contributed by atoms with Crippen LogP contribution >= 0.6 is 15.9 Å². The third-order valence-corrected chi connectivity index (χ3v) is 4.53. The number of hydrogen-bond donors (Lipinski definition) is 0. The van der Waals surface area contributed by atoms with E-state index in [1.807, 2.05) is 30.3 Å². The van der Waals surface area contributed by atoms with Crippen LogP contribution in [0.15, 0.2) is 65.1 Å². The molecule has 0 bridgehead atoms. The van der Waals surface area contributed by atoms with Gasteiger partial charge in [0.15, 0.2) is 0 Å². The van der Waals surface area contributed by atoms with Crippen LogP contribution in [0.5, 0.6) is 0 Å². The maximum atomic E-state index is 12.7. The molecule has 106 valence electrons. The van der Waals surface area contributed by atoms with Gasteiger partial charge in [0.05, 0.1) is 16.8 Å². The van der Waals surface area contributed by atoms with Gasteiger partial charge in [-0.1, -0.05) is 52.3 Å². The lowest BCUT2D eigenvalue weighted by Gasteiger charge is -2.17. The maximum absolute atomic E-state index is 12.7. The molecule has 0 aromatic heterocycles. The molecule has 1 aliphatic heterocycles. The second kappa shape index (κ2) is 4.78. The topological polar surface area (TPSA) is 37.4 Å². The molecule has 1 heterocycles. The molecule has 0 saturated carbocycles. The number of nitrogens with zero attached hydrogens (tertiary/aromatic N) is 1. The number of imide groups is 1. The third kappa shape index (κ3) is 1.74. The summed E-state index contributed by atoms with van der Waals surface area (Å²) >= 11 is 3.52. The van der Waals surface area contributed by atoms with E-state index < -0.39 is 0 Å². The van der Waals surface area contributed by atoms with Crippen molar-refractivity contribution in [3.8, 4) is 0 Å². The van der Waals surface area contributed by atoms with E-state index in [2.05, 4.69) is 15.9 Å². The number of carbonyl (C=O) groups is 2. The Morgan fingerprint density at radius 3 is 1.95 bits per heavy atom. The molecule has 3 aromatic rings. The summed E-state index contributed by atoms with van der Waals surface area (Å²) in [6, 6.07) is 18.3. The van der Waals surface area contributed by atoms with Crippen LogP contribution in [-0.4, -0.2) is 11.8 Å². The lowest BCUT2D eigenvalue weighted by Crippen LogP contribution is -2.29. The zero-order chi connectivity index (χ0) is 15.3. The van der Waals surface area contributed by atoms with E-state index in [1.165, 1.54) is 4.90 Å². The van der Waals surface area contributed by atoms with Crippen molar-refractivity contribution in [2.45, 2.75) is 0 Å². The van der Waals surface area contributed by atoms with Crippen LogP contribution in [0.2, 0.25) is 0 Å². The van der Waals surface area contributed by atoms with Crippen LogP contribution in [0.3, 0.4) is 0 Å². The van der Waals surface area contributed by atoms with Gasteiger partial charge in [-0.2, -0.15) is 0 Å². The fraction of sp³-hybridized carbons (Fsp3) is 0. The molecule has 0 radical (unpaired) electrons. The van der Waals surface area contributed by atoms with Crippen LogP contribution in [0.25, 0.3) is 10.8 Å². The summed E-state index contributed by atoms with van der Waals surface area (Å²) in [6.07, 6.45) is 0. The van der Waals surface area contributed by atoms with Crippen molar-refractivity contribution in [1.82, 2.24) is 0 Å². The van der Waals surface area contributed by atoms with Gasteiger partial charge in [0, 0.05) is 9.86 Å². The van der Waals surface area contributed by atoms with Crippen molar-refractivity contribution < 1.29 is 9.59 Å². The van der Waals surface area contributed by atoms with E-state index in [0.717, 1.165) is 15.2 Å². The van der Waals surface area contributed by atoms with E-state index in [0.29, 0.717) is 16.8 Å². The second-order valence-electron chi connectivity index (χ2n) is 5.11. The number of carbonyl (C=O) groups excluding carboxylic acids is 2. The van der Waals surface area contributed by atoms with Crippen molar-refractivity contribution in [2.24, 2.45) is 0 Å². The Labute approximate surface area is 135 Å². The van der Waals surface area contributed by atoms with Gasteiger partial charge in [-0.3, -0.25) is 9.59 Å². The Bertz CT molecular complexity index is 908. The number of amides is 2. The fourth-order valence-corrected chi connectivity index (χ4v) is 3.46. The van der Waals surface area contributed by atoms with Crippen molar-refractivity contribution in [1.29, 1.82) is 0 Å². The number of benzene rings is 3. The van der Waals surface area contributed by atoms with E-state index in [4.69, 9.17) is 0 Å². The van der Waals surface area contributed by atoms with Crippen LogP contribution in [0, 0.1) is 0 Å². The molecule has 3 nitrogen and oxygen atoms in total. The summed E-state index contributed by atoms with van der Waals surface area (Å²) in [5.41, 5.74) is 1.52. The van der Waals surface area contributed by atoms with Gasteiger partial charge in [0.1, 0.15) is 0 Å². The molecule has 0 saturated heterocycles. The highest BCUT2D eigenvalue weighted by Crippen LogP contribution is 2.37. The normalized spacial score (nSPS) is 13.8. The molecule has 4 heteroatoms. The van der Waals surface area contributed by atoms with Crippen molar-refractivity contribution >= 4 is 44.2 Å². The largest absolute Gasteiger partial charge is 0.268 e. The zero-order valence-electron chi connectivity index (χ0n) is 11.4. The van der Waals surface area contributed by atoms with Crippen LogP contribution < -0.4 is 4.90 Å². The molecule has 3 aromatic carbocycles. The Hall–Kier alpha value is -2.46. The minimum absolute atomic E-state index is 0.274. The van der Waals surface area contributed by atoms with Crippen LogP contribution in [-0.2, 0) is 0 Å². The number of anilines is 1. The molecule has 0 aliphatic carbocycles. The number of rotatable bonds is 1. The highest BCUT2D eigenvalue weighted by molar-refractivity contribution is 9.10. The monoisotopic (exact) mass is 351 g/mol. The molecule has 1 aliphatic rings. The quantitative estimate of drug-likeness (QED) is 0.609. The van der Waals surface area contributed by atoms with Gasteiger partial charge in [-0.25, -0.2) is 4.90 Å². The molecule has 4 rings (SSSR count). The molecule has 0 N–H and O–H groups in total. The molecular weight excluding hydrogens is 342 g/mol. The molecule has 0 unspecified atom stereocenters. The zero-order valence-corrected chi connectivity index (χ0v) is 13.0. The summed E-state index contributed by atoms with van der Waals surface area (Å²) in [5.74, 6) is -0.548. The average Bonchev–Trinajstić information content (AvgIpc) is 2.79. The SMILES string of the molecule is O=C1c2ccccc2C(=O)N1c1cccc2cccc(Br)c12. The Morgan fingerprint density at radius 1 is 0.727 bits per heavy atom. The van der Waals surface area contributed by atoms with Gasteiger partial charge < -0.3 is 0 Å². The summed E-state index contributed by atoms with van der Waals surface area (Å²) in [5, 5.41) is 1.84. The van der Waals surface area contributed by atoms with Crippen molar-refractivity contribution in [3.63, 3.8) is 0 Å². The first kappa shape index (κ1) is 13.2. The summed E-state index contributed by atoms with van der Waals surface area (Å²) in [6.45, 7) is 0. The van der Waals surface area contributed by atoms with Gasteiger partial charge in [0.2, 0.25) is 0 Å². The van der Waals surface area contributed by atoms with Crippen molar-refractivity contribution in [2.75, 3.05) is 4.90 Å². The molecule has 0 atom stereocenters. The summed E-state index contributed by atoms with van der Waals surface area (Å²) in [7, 11) is 0. The third-order valence-electron chi connectivity index (χ3n) is 3.87. The Balaban J connectivity index is 1.99. The van der Waals surface area contributed by atoms with E-state index >= 15 is 0 Å². The molecule has 22 heavy (non-hydrogen) atoms. The first-order valence-electron chi connectivity index (χ1n) is 6.83. The van der Waals surface area contributed by atoms with Crippen LogP contribution in [0.1, 0.15) is 20.7 Å². The number of fused-ring (bicyclic) bond motifs is 2. The average molecular weight is 352 g/mol. The van der Waals surface area contributed by atoms with Crippen LogP contribution in [0.4, 0.5) is 5.69 Å². The van der Waals surface area contributed by atoms with Gasteiger partial charge in [-0.15, -0.1) is 0 Å². The first-order chi connectivity index (χ1) is 10.7. The second-order valence-corrected chi connectivity index (χ2v) is 5.96. The van der Waals surface area contributed by atoms with E-state index in [1.54, 1.807) is 30.3 Å². The number of halogens is 1. The Morgan fingerprint density at radius 2 is 1.32 bits per heavy atom. The molecular formula is C18H10BrNO2. The van der Waals surface area contributed by atoms with Gasteiger partial charge >= 0.3 is 0 Å². The molecule has 2 amide bonds. The van der Waals surface area contributed by atoms with E-state index in [9.17, 15) is 9.59 Å². The standard InChI is InChI=1S/C18H10BrNO2/c19-14-9-3-5-11-6-4-10-15(16(11)14)20-17(21)12-7-1-2-8-13(12)18(20)22/h1-10H. The maximum Gasteiger partial charge on any atom is 0.266 e. The van der Waals surface area contributed by atoms with E-state index in [-0.39, 0.29) is 11.8 Å². The summed E-state index contributed by atoms with van der Waals surface area (Å²) in [4.78, 5) is 26.6. The lowest BCUT2D eigenvalue weighted by atomic mass is 10.1. The first-order valence-corrected chi connectivity index (χ1v) is 7.63. The van der Waals surface area contributed by atoms with Crippen molar-refractivity contribution in [3.05, 3.63) is 76.3 Å². The predicted molar refractivity (Wildman–Crippen MR) is 89.2 cm³/mol. The minimum atomic E-state index is -0.274. The fourth-order valence-electron chi connectivity index (χ4n) is 2.87. The number of hydrogen-bond acceptors (Lipinski definition) is 2. The Kier molecular flexibility index (Phi) is 2.87. The smallest absolute Gasteiger partial charge is 0.266 e. The van der Waals surface area contributed by atoms with Gasteiger partial charge in [-0.05, 0) is 29.7 Å². The molecule has 0 fully saturated rings. The van der Waals surface area contributed by atoms with Gasteiger partial charge in [0.25, 0.3) is 11.8 Å². The minimum Gasteiger partial charge on any atom is -0.268 e. The lowest BCUT2D eigenvalue weighted by molar-refractivity contribution is 0.0926. The predicted octanol–water partition coefficient (Wildman–Crippen LogP) is 4.40. The summed E-state index contributed by atoms with van der Waals surface area (Å²) < 4.78 is 0.858. The highest BCUT2D eigenvalue weighted by atomic mass is 79.9. The highest BCUT2D eigenvalue weighted by Gasteiger charge is 2.37.